The van der Waals surface area contributed by atoms with Gasteiger partial charge in [-0.2, -0.15) is 0 Å². The summed E-state index contributed by atoms with van der Waals surface area (Å²) in [4.78, 5) is 23.2. The number of piperazine rings is 1. The molecule has 0 spiro atoms. The van der Waals surface area contributed by atoms with Gasteiger partial charge in [0.25, 0.3) is 5.91 Å². The number of anilines is 1. The van der Waals surface area contributed by atoms with Crippen LogP contribution in [0.3, 0.4) is 0 Å². The van der Waals surface area contributed by atoms with Gasteiger partial charge in [-0.05, 0) is 43.5 Å². The molecule has 1 fully saturated rings. The molecule has 5 rings (SSSR count). The molecule has 160 valence electrons. The minimum atomic E-state index is -0.0767. The predicted octanol–water partition coefficient (Wildman–Crippen LogP) is 5.13. The Morgan fingerprint density at radius 2 is 2.03 bits per heavy atom. The average molecular weight is 454 g/mol. The predicted molar refractivity (Wildman–Crippen MR) is 127 cm³/mol. The molecule has 31 heavy (non-hydrogen) atoms. The molecule has 1 aliphatic heterocycles. The second-order valence-corrected chi connectivity index (χ2v) is 9.22. The van der Waals surface area contributed by atoms with E-state index in [-0.39, 0.29) is 5.91 Å². The highest BCUT2D eigenvalue weighted by molar-refractivity contribution is 7.98. The molecule has 2 aromatic carbocycles. The van der Waals surface area contributed by atoms with Gasteiger partial charge in [0.05, 0.1) is 16.8 Å². The standard InChI is InChI=1S/C23H23N3O3S2/c1-3-28-18-6-4-5-15-13-19(29-21(15)18)22(27)25-9-11-26(12-10-25)23-24-17-8-7-16(30-2)14-20(17)31-23/h4-8,13-14H,3,9-12H2,1-2H3. The van der Waals surface area contributed by atoms with Crippen LogP contribution in [0.25, 0.3) is 21.2 Å². The van der Waals surface area contributed by atoms with Gasteiger partial charge in [0.2, 0.25) is 0 Å². The summed E-state index contributed by atoms with van der Waals surface area (Å²) in [5.41, 5.74) is 1.66. The molecular formula is C23H23N3O3S2. The fraction of sp³-hybridized carbons (Fsp3) is 0.304. The zero-order valence-corrected chi connectivity index (χ0v) is 19.1. The van der Waals surface area contributed by atoms with Gasteiger partial charge in [0.15, 0.2) is 22.2 Å². The van der Waals surface area contributed by atoms with Crippen molar-refractivity contribution in [3.05, 3.63) is 48.2 Å². The summed E-state index contributed by atoms with van der Waals surface area (Å²) in [5.74, 6) is 0.955. The van der Waals surface area contributed by atoms with Gasteiger partial charge in [0.1, 0.15) is 0 Å². The highest BCUT2D eigenvalue weighted by Crippen LogP contribution is 2.33. The molecule has 0 radical (unpaired) electrons. The number of hydrogen-bond acceptors (Lipinski definition) is 7. The Morgan fingerprint density at radius 1 is 1.19 bits per heavy atom. The van der Waals surface area contributed by atoms with Crippen molar-refractivity contribution in [1.82, 2.24) is 9.88 Å². The van der Waals surface area contributed by atoms with Crippen molar-refractivity contribution in [2.24, 2.45) is 0 Å². The number of benzene rings is 2. The molecule has 0 N–H and O–H groups in total. The number of aromatic nitrogens is 1. The molecule has 0 aliphatic carbocycles. The highest BCUT2D eigenvalue weighted by Gasteiger charge is 2.26. The maximum absolute atomic E-state index is 13.1. The summed E-state index contributed by atoms with van der Waals surface area (Å²) in [6.45, 7) is 5.27. The quantitative estimate of drug-likeness (QED) is 0.391. The van der Waals surface area contributed by atoms with E-state index in [1.54, 1.807) is 23.1 Å². The summed E-state index contributed by atoms with van der Waals surface area (Å²) in [5, 5.41) is 1.90. The Hall–Kier alpha value is -2.71. The Bertz CT molecular complexity index is 1240. The summed E-state index contributed by atoms with van der Waals surface area (Å²) in [6, 6.07) is 13.9. The number of carbonyl (C=O) groups excluding carboxylic acids is 1. The number of rotatable bonds is 5. The second kappa shape index (κ2) is 8.43. The molecule has 3 heterocycles. The van der Waals surface area contributed by atoms with E-state index >= 15 is 0 Å². The maximum Gasteiger partial charge on any atom is 0.289 e. The lowest BCUT2D eigenvalue weighted by Gasteiger charge is -2.34. The van der Waals surface area contributed by atoms with Crippen molar-refractivity contribution >= 4 is 55.3 Å². The molecule has 0 bridgehead atoms. The maximum atomic E-state index is 13.1. The number of thioether (sulfide) groups is 1. The number of amides is 1. The number of thiazole rings is 1. The topological polar surface area (TPSA) is 58.8 Å². The van der Waals surface area contributed by atoms with Crippen molar-refractivity contribution in [1.29, 1.82) is 0 Å². The number of carbonyl (C=O) groups is 1. The number of furan rings is 1. The van der Waals surface area contributed by atoms with E-state index < -0.39 is 0 Å². The summed E-state index contributed by atoms with van der Waals surface area (Å²) < 4.78 is 12.7. The fourth-order valence-corrected chi connectivity index (χ4v) is 5.39. The largest absolute Gasteiger partial charge is 0.490 e. The lowest BCUT2D eigenvalue weighted by atomic mass is 10.2. The Balaban J connectivity index is 1.29. The van der Waals surface area contributed by atoms with E-state index in [0.29, 0.717) is 36.8 Å². The van der Waals surface area contributed by atoms with Crippen LogP contribution < -0.4 is 9.64 Å². The lowest BCUT2D eigenvalue weighted by molar-refractivity contribution is 0.0717. The molecule has 0 unspecified atom stereocenters. The first-order chi connectivity index (χ1) is 15.2. The number of hydrogen-bond donors (Lipinski definition) is 0. The molecule has 4 aromatic rings. The molecule has 8 heteroatoms. The van der Waals surface area contributed by atoms with Crippen LogP contribution >= 0.6 is 23.1 Å². The van der Waals surface area contributed by atoms with Gasteiger partial charge in [-0.3, -0.25) is 4.79 Å². The molecule has 1 saturated heterocycles. The van der Waals surface area contributed by atoms with E-state index in [9.17, 15) is 4.79 Å². The fourth-order valence-electron chi connectivity index (χ4n) is 3.82. The van der Waals surface area contributed by atoms with Crippen LogP contribution in [0, 0.1) is 0 Å². The van der Waals surface area contributed by atoms with Gasteiger partial charge in [0, 0.05) is 36.5 Å². The third-order valence-electron chi connectivity index (χ3n) is 5.44. The van der Waals surface area contributed by atoms with Gasteiger partial charge < -0.3 is 19.0 Å². The van der Waals surface area contributed by atoms with Crippen molar-refractivity contribution in [3.63, 3.8) is 0 Å². The van der Waals surface area contributed by atoms with Crippen molar-refractivity contribution in [2.75, 3.05) is 43.9 Å². The monoisotopic (exact) mass is 453 g/mol. The first-order valence-corrected chi connectivity index (χ1v) is 12.3. The van der Waals surface area contributed by atoms with Crippen LogP contribution in [0.15, 0.2) is 51.8 Å². The number of para-hydroxylation sites is 1. The summed E-state index contributed by atoms with van der Waals surface area (Å²) in [7, 11) is 0. The molecule has 0 atom stereocenters. The molecular weight excluding hydrogens is 430 g/mol. The zero-order chi connectivity index (χ0) is 21.4. The lowest BCUT2D eigenvalue weighted by Crippen LogP contribution is -2.48. The first-order valence-electron chi connectivity index (χ1n) is 10.3. The molecule has 1 amide bonds. The van der Waals surface area contributed by atoms with Crippen LogP contribution in [-0.4, -0.2) is 54.8 Å². The highest BCUT2D eigenvalue weighted by atomic mass is 32.2. The van der Waals surface area contributed by atoms with Crippen LogP contribution in [0.1, 0.15) is 17.5 Å². The normalized spacial score (nSPS) is 14.5. The molecule has 2 aromatic heterocycles. The first kappa shape index (κ1) is 20.2. The minimum absolute atomic E-state index is 0.0767. The van der Waals surface area contributed by atoms with E-state index in [4.69, 9.17) is 14.1 Å². The van der Waals surface area contributed by atoms with Gasteiger partial charge in [-0.15, -0.1) is 11.8 Å². The number of nitrogens with zero attached hydrogens (tertiary/aromatic N) is 3. The third-order valence-corrected chi connectivity index (χ3v) is 7.24. The van der Waals surface area contributed by atoms with E-state index in [2.05, 4.69) is 29.4 Å². The van der Waals surface area contributed by atoms with Crippen LogP contribution in [0.5, 0.6) is 5.75 Å². The second-order valence-electron chi connectivity index (χ2n) is 7.33. The zero-order valence-electron chi connectivity index (χ0n) is 17.5. The Kier molecular flexibility index (Phi) is 5.50. The Morgan fingerprint density at radius 3 is 2.81 bits per heavy atom. The van der Waals surface area contributed by atoms with Crippen LogP contribution in [-0.2, 0) is 0 Å². The van der Waals surface area contributed by atoms with E-state index in [1.807, 2.05) is 36.1 Å². The minimum Gasteiger partial charge on any atom is -0.490 e. The van der Waals surface area contributed by atoms with Gasteiger partial charge in [-0.25, -0.2) is 4.98 Å². The smallest absolute Gasteiger partial charge is 0.289 e. The van der Waals surface area contributed by atoms with E-state index in [1.165, 1.54) is 9.60 Å². The van der Waals surface area contributed by atoms with Gasteiger partial charge >= 0.3 is 0 Å². The van der Waals surface area contributed by atoms with Crippen molar-refractivity contribution < 1.29 is 13.9 Å². The summed E-state index contributed by atoms with van der Waals surface area (Å²) >= 11 is 3.45. The van der Waals surface area contributed by atoms with Crippen molar-refractivity contribution in [2.45, 2.75) is 11.8 Å². The molecule has 6 nitrogen and oxygen atoms in total. The van der Waals surface area contributed by atoms with E-state index in [0.717, 1.165) is 29.1 Å². The molecule has 1 aliphatic rings. The third kappa shape index (κ3) is 3.85. The van der Waals surface area contributed by atoms with Crippen LogP contribution in [0.2, 0.25) is 0 Å². The summed E-state index contributed by atoms with van der Waals surface area (Å²) in [6.07, 6.45) is 2.08. The SMILES string of the molecule is CCOc1cccc2cc(C(=O)N3CCN(c4nc5ccc(SC)cc5s4)CC3)oc12. The van der Waals surface area contributed by atoms with Gasteiger partial charge in [-0.1, -0.05) is 23.5 Å². The average Bonchev–Trinajstić information content (AvgIpc) is 3.43. The van der Waals surface area contributed by atoms with Crippen LogP contribution in [0.4, 0.5) is 5.13 Å². The number of ether oxygens (including phenoxy) is 1. The van der Waals surface area contributed by atoms with Crippen molar-refractivity contribution in [3.8, 4) is 5.75 Å². The molecule has 0 saturated carbocycles. The number of fused-ring (bicyclic) bond motifs is 2. The Labute approximate surface area is 188 Å².